The number of carbonyl (C=O) groups is 1. The Labute approximate surface area is 171 Å². The van der Waals surface area contributed by atoms with Crippen LogP contribution < -0.4 is 15.4 Å². The number of carbonyl (C=O) groups excluding carboxylic acids is 1. The highest BCUT2D eigenvalue weighted by Gasteiger charge is 2.19. The van der Waals surface area contributed by atoms with Gasteiger partial charge in [-0.05, 0) is 32.9 Å². The molecule has 2 N–H and O–H groups in total. The van der Waals surface area contributed by atoms with Gasteiger partial charge in [-0.15, -0.1) is 10.2 Å². The Balaban J connectivity index is 1.59. The van der Waals surface area contributed by atoms with Crippen LogP contribution in [0.5, 0.6) is 5.75 Å². The molecule has 0 saturated carbocycles. The number of ether oxygens (including phenoxy) is 1. The molecule has 0 saturated heterocycles. The number of methoxy groups -OCH3 is 1. The van der Waals surface area contributed by atoms with Crippen LogP contribution in [0, 0.1) is 0 Å². The maximum Gasteiger partial charge on any atom is 0.238 e. The van der Waals surface area contributed by atoms with E-state index in [0.717, 1.165) is 11.4 Å². The summed E-state index contributed by atoms with van der Waals surface area (Å²) in [6.45, 7) is 5.87. The number of rotatable bonds is 8. The van der Waals surface area contributed by atoms with Crippen LogP contribution in [0.15, 0.2) is 40.9 Å². The van der Waals surface area contributed by atoms with Gasteiger partial charge < -0.3 is 15.4 Å². The molecule has 0 aliphatic heterocycles. The second kappa shape index (κ2) is 9.07. The molecule has 2 aromatic heterocycles. The Bertz CT molecular complexity index is 940. The normalized spacial score (nSPS) is 12.0. The number of amides is 1. The van der Waals surface area contributed by atoms with Crippen molar-refractivity contribution in [2.75, 3.05) is 17.7 Å². The third-order valence-corrected chi connectivity index (χ3v) is 5.81. The Morgan fingerprint density at radius 3 is 2.82 bits per heavy atom. The minimum atomic E-state index is -0.326. The van der Waals surface area contributed by atoms with Crippen molar-refractivity contribution in [1.82, 2.24) is 20.0 Å². The minimum Gasteiger partial charge on any atom is -0.497 e. The molecule has 2 heterocycles. The molecule has 148 valence electrons. The predicted molar refractivity (Wildman–Crippen MR) is 113 cm³/mol. The van der Waals surface area contributed by atoms with Crippen LogP contribution in [0.2, 0.25) is 0 Å². The van der Waals surface area contributed by atoms with Gasteiger partial charge in [0.2, 0.25) is 11.0 Å². The molecule has 3 rings (SSSR count). The van der Waals surface area contributed by atoms with Gasteiger partial charge in [-0.2, -0.15) is 5.10 Å². The lowest BCUT2D eigenvalue weighted by Crippen LogP contribution is -2.24. The number of nitrogens with zero attached hydrogens (tertiary/aromatic N) is 4. The summed E-state index contributed by atoms with van der Waals surface area (Å²) in [5, 5.41) is 19.0. The number of nitrogens with one attached hydrogen (secondary N) is 2. The highest BCUT2D eigenvalue weighted by Crippen LogP contribution is 2.31. The van der Waals surface area contributed by atoms with Crippen LogP contribution in [-0.2, 0) is 4.79 Å². The summed E-state index contributed by atoms with van der Waals surface area (Å²) in [6, 6.07) is 9.52. The van der Waals surface area contributed by atoms with Crippen LogP contribution in [0.1, 0.15) is 26.8 Å². The van der Waals surface area contributed by atoms with Gasteiger partial charge in [0.1, 0.15) is 11.6 Å². The molecule has 0 aliphatic rings. The fourth-order valence-electron chi connectivity index (χ4n) is 2.39. The molecule has 28 heavy (non-hydrogen) atoms. The number of hydrogen-bond acceptors (Lipinski definition) is 8. The van der Waals surface area contributed by atoms with Gasteiger partial charge in [-0.1, -0.05) is 29.2 Å². The fourth-order valence-corrected chi connectivity index (χ4v) is 4.31. The lowest BCUT2D eigenvalue weighted by Gasteiger charge is -2.14. The molecular formula is C18H22N6O2S2. The van der Waals surface area contributed by atoms with E-state index < -0.39 is 0 Å². The molecule has 3 aromatic rings. The summed E-state index contributed by atoms with van der Waals surface area (Å²) in [4.78, 5) is 12.5. The summed E-state index contributed by atoms with van der Waals surface area (Å²) in [5.74, 6) is 1.34. The average Bonchev–Trinajstić information content (AvgIpc) is 3.31. The number of aromatic nitrogens is 4. The van der Waals surface area contributed by atoms with Crippen molar-refractivity contribution < 1.29 is 9.53 Å². The summed E-state index contributed by atoms with van der Waals surface area (Å²) in [5.41, 5.74) is 0.861. The van der Waals surface area contributed by atoms with E-state index in [-0.39, 0.29) is 17.2 Å². The zero-order chi connectivity index (χ0) is 20.1. The third-order valence-electron chi connectivity index (χ3n) is 3.78. The Morgan fingerprint density at radius 1 is 1.25 bits per heavy atom. The number of thioether (sulfide) groups is 1. The van der Waals surface area contributed by atoms with Gasteiger partial charge in [0.25, 0.3) is 0 Å². The SMILES string of the molecule is COc1cccc(Nc2nnc(S[C@H](C)C(=O)Nc3ccnn3C(C)C)s2)c1. The standard InChI is InChI=1S/C18H22N6O2S2/c1-11(2)24-15(8-9-19-24)21-16(25)12(3)27-18-23-22-17(28-18)20-13-6-5-7-14(10-13)26-4/h5-12H,1-4H3,(H,20,22)(H,21,25)/t12-/m1/s1. The van der Waals surface area contributed by atoms with E-state index in [4.69, 9.17) is 4.74 Å². The summed E-state index contributed by atoms with van der Waals surface area (Å²) in [6.07, 6.45) is 1.68. The van der Waals surface area contributed by atoms with Crippen molar-refractivity contribution in [3.05, 3.63) is 36.5 Å². The van der Waals surface area contributed by atoms with E-state index in [1.807, 2.05) is 45.0 Å². The van der Waals surface area contributed by atoms with Crippen molar-refractivity contribution in [3.8, 4) is 5.75 Å². The Morgan fingerprint density at radius 2 is 2.07 bits per heavy atom. The van der Waals surface area contributed by atoms with E-state index in [9.17, 15) is 4.79 Å². The molecule has 0 spiro atoms. The fraction of sp³-hybridized carbons (Fsp3) is 0.333. The monoisotopic (exact) mass is 418 g/mol. The van der Waals surface area contributed by atoms with Crippen molar-refractivity contribution in [2.24, 2.45) is 0 Å². The number of anilines is 3. The molecule has 1 aromatic carbocycles. The summed E-state index contributed by atoms with van der Waals surface area (Å²) in [7, 11) is 1.62. The molecule has 1 atom stereocenters. The van der Waals surface area contributed by atoms with E-state index in [2.05, 4.69) is 25.9 Å². The number of benzene rings is 1. The quantitative estimate of drug-likeness (QED) is 0.530. The molecule has 0 unspecified atom stereocenters. The van der Waals surface area contributed by atoms with E-state index in [1.165, 1.54) is 23.1 Å². The molecular weight excluding hydrogens is 396 g/mol. The molecule has 0 radical (unpaired) electrons. The van der Waals surface area contributed by atoms with Crippen LogP contribution >= 0.6 is 23.1 Å². The molecule has 10 heteroatoms. The lowest BCUT2D eigenvalue weighted by molar-refractivity contribution is -0.115. The predicted octanol–water partition coefficient (Wildman–Crippen LogP) is 4.19. The second-order valence-corrected chi connectivity index (χ2v) is 8.80. The van der Waals surface area contributed by atoms with E-state index in [1.54, 1.807) is 24.1 Å². The van der Waals surface area contributed by atoms with Crippen LogP contribution in [0.25, 0.3) is 0 Å². The highest BCUT2D eigenvalue weighted by atomic mass is 32.2. The van der Waals surface area contributed by atoms with Gasteiger partial charge in [0.15, 0.2) is 4.34 Å². The van der Waals surface area contributed by atoms with Crippen molar-refractivity contribution >= 4 is 45.6 Å². The molecule has 1 amide bonds. The first-order chi connectivity index (χ1) is 13.5. The van der Waals surface area contributed by atoms with Crippen LogP contribution in [-0.4, -0.2) is 38.2 Å². The molecule has 8 nitrogen and oxygen atoms in total. The first kappa shape index (κ1) is 20.2. The minimum absolute atomic E-state index is 0.107. The van der Waals surface area contributed by atoms with E-state index in [0.29, 0.717) is 15.3 Å². The summed E-state index contributed by atoms with van der Waals surface area (Å²) >= 11 is 2.76. The maximum absolute atomic E-state index is 12.5. The van der Waals surface area contributed by atoms with E-state index >= 15 is 0 Å². The zero-order valence-electron chi connectivity index (χ0n) is 16.0. The summed E-state index contributed by atoms with van der Waals surface area (Å²) < 4.78 is 7.70. The van der Waals surface area contributed by atoms with Gasteiger partial charge in [0.05, 0.1) is 18.6 Å². The first-order valence-corrected chi connectivity index (χ1v) is 10.4. The maximum atomic E-state index is 12.5. The molecule has 0 aliphatic carbocycles. The van der Waals surface area contributed by atoms with Gasteiger partial charge >= 0.3 is 0 Å². The Kier molecular flexibility index (Phi) is 6.53. The second-order valence-electron chi connectivity index (χ2n) is 6.23. The highest BCUT2D eigenvalue weighted by molar-refractivity contribution is 8.02. The smallest absolute Gasteiger partial charge is 0.238 e. The average molecular weight is 419 g/mol. The Hall–Kier alpha value is -2.59. The van der Waals surface area contributed by atoms with Gasteiger partial charge in [-0.25, -0.2) is 4.68 Å². The first-order valence-electron chi connectivity index (χ1n) is 8.72. The third kappa shape index (κ3) is 5.02. The van der Waals surface area contributed by atoms with Gasteiger partial charge in [0, 0.05) is 23.9 Å². The topological polar surface area (TPSA) is 94.0 Å². The van der Waals surface area contributed by atoms with Gasteiger partial charge in [-0.3, -0.25) is 4.79 Å². The van der Waals surface area contributed by atoms with Crippen molar-refractivity contribution in [3.63, 3.8) is 0 Å². The number of hydrogen-bond donors (Lipinski definition) is 2. The van der Waals surface area contributed by atoms with Crippen molar-refractivity contribution in [1.29, 1.82) is 0 Å². The lowest BCUT2D eigenvalue weighted by atomic mass is 10.3. The van der Waals surface area contributed by atoms with Crippen LogP contribution in [0.4, 0.5) is 16.6 Å². The molecule has 0 fully saturated rings. The molecule has 0 bridgehead atoms. The largest absolute Gasteiger partial charge is 0.497 e. The van der Waals surface area contributed by atoms with Crippen LogP contribution in [0.3, 0.4) is 0 Å². The van der Waals surface area contributed by atoms with Crippen molar-refractivity contribution in [2.45, 2.75) is 36.4 Å². The zero-order valence-corrected chi connectivity index (χ0v) is 17.7.